The second-order valence-electron chi connectivity index (χ2n) is 4.56. The topological polar surface area (TPSA) is 49.3 Å². The molecule has 1 aromatic rings. The Hall–Kier alpha value is -1.61. The number of hydrogen-bond acceptors (Lipinski definition) is 2. The molecule has 2 N–H and O–H groups in total. The van der Waals surface area contributed by atoms with Crippen molar-refractivity contribution in [2.24, 2.45) is 0 Å². The minimum atomic E-state index is 0.0300. The summed E-state index contributed by atoms with van der Waals surface area (Å²) in [6, 6.07) is 8.19. The molecule has 0 saturated heterocycles. The quantitative estimate of drug-likeness (QED) is 0.778. The van der Waals surface area contributed by atoms with Crippen molar-refractivity contribution in [2.45, 2.75) is 25.7 Å². The van der Waals surface area contributed by atoms with Crippen LogP contribution in [0.15, 0.2) is 29.8 Å². The van der Waals surface area contributed by atoms with E-state index in [9.17, 15) is 4.79 Å². The van der Waals surface area contributed by atoms with Crippen molar-refractivity contribution in [2.75, 3.05) is 13.2 Å². The number of benzene rings is 1. The minimum Gasteiger partial charge on any atom is -0.396 e. The first-order chi connectivity index (χ1) is 8.81. The third-order valence-electron chi connectivity index (χ3n) is 3.21. The van der Waals surface area contributed by atoms with Crippen LogP contribution in [0.2, 0.25) is 0 Å². The van der Waals surface area contributed by atoms with Crippen LogP contribution in [0.1, 0.15) is 30.4 Å². The summed E-state index contributed by atoms with van der Waals surface area (Å²) in [6.07, 6.45) is 5.30. The molecule has 0 spiro atoms. The fraction of sp³-hybridized carbons (Fsp3) is 0.400. The molecule has 0 saturated carbocycles. The van der Waals surface area contributed by atoms with Crippen LogP contribution < -0.4 is 5.32 Å². The largest absolute Gasteiger partial charge is 0.396 e. The summed E-state index contributed by atoms with van der Waals surface area (Å²) in [7, 11) is 0. The van der Waals surface area contributed by atoms with Crippen LogP contribution in [-0.4, -0.2) is 24.2 Å². The minimum absolute atomic E-state index is 0.0300. The number of unbranched alkanes of at least 4 members (excludes halogenated alkanes) is 1. The molecule has 2 rings (SSSR count). The van der Waals surface area contributed by atoms with E-state index in [1.807, 2.05) is 24.3 Å². The number of aryl methyl sites for hydroxylation is 1. The number of carbonyl (C=O) groups excluding carboxylic acids is 1. The van der Waals surface area contributed by atoms with Gasteiger partial charge in [-0.2, -0.15) is 0 Å². The molecule has 96 valence electrons. The molecule has 0 radical (unpaired) electrons. The Morgan fingerprint density at radius 1 is 1.22 bits per heavy atom. The van der Waals surface area contributed by atoms with Crippen LogP contribution in [-0.2, 0) is 11.2 Å². The van der Waals surface area contributed by atoms with Crippen molar-refractivity contribution in [3.05, 3.63) is 41.0 Å². The first-order valence-corrected chi connectivity index (χ1v) is 6.49. The summed E-state index contributed by atoms with van der Waals surface area (Å²) in [5.41, 5.74) is 3.33. The van der Waals surface area contributed by atoms with Crippen molar-refractivity contribution < 1.29 is 9.90 Å². The Morgan fingerprint density at radius 3 is 2.89 bits per heavy atom. The monoisotopic (exact) mass is 245 g/mol. The Balaban J connectivity index is 1.94. The highest BCUT2D eigenvalue weighted by atomic mass is 16.2. The van der Waals surface area contributed by atoms with Gasteiger partial charge in [-0.05, 0) is 42.9 Å². The maximum atomic E-state index is 11.9. The standard InChI is InChI=1S/C15H19NO2/c17-10-4-3-9-16-15(18)14-8-7-12-5-1-2-6-13(12)11-14/h1-2,5-6,11,17H,3-4,7-10H2,(H,16,18). The second kappa shape index (κ2) is 6.36. The van der Waals surface area contributed by atoms with Crippen LogP contribution in [0.5, 0.6) is 0 Å². The van der Waals surface area contributed by atoms with Crippen LogP contribution >= 0.6 is 0 Å². The average molecular weight is 245 g/mol. The van der Waals surface area contributed by atoms with Gasteiger partial charge in [0.05, 0.1) is 0 Å². The highest BCUT2D eigenvalue weighted by Gasteiger charge is 2.15. The Morgan fingerprint density at radius 2 is 2.06 bits per heavy atom. The van der Waals surface area contributed by atoms with E-state index < -0.39 is 0 Å². The number of aliphatic hydroxyl groups is 1. The summed E-state index contributed by atoms with van der Waals surface area (Å²) < 4.78 is 0. The lowest BCUT2D eigenvalue weighted by Gasteiger charge is -2.16. The summed E-state index contributed by atoms with van der Waals surface area (Å²) in [4.78, 5) is 11.9. The molecule has 1 aliphatic carbocycles. The molecule has 0 atom stereocenters. The van der Waals surface area contributed by atoms with E-state index in [1.54, 1.807) is 0 Å². The van der Waals surface area contributed by atoms with E-state index in [2.05, 4.69) is 11.4 Å². The fourth-order valence-corrected chi connectivity index (χ4v) is 2.16. The van der Waals surface area contributed by atoms with Crippen LogP contribution in [0, 0.1) is 0 Å². The summed E-state index contributed by atoms with van der Waals surface area (Å²) in [5.74, 6) is 0.0300. The molecule has 0 heterocycles. The maximum absolute atomic E-state index is 11.9. The number of amides is 1. The van der Waals surface area contributed by atoms with E-state index in [-0.39, 0.29) is 12.5 Å². The van der Waals surface area contributed by atoms with Gasteiger partial charge in [-0.1, -0.05) is 24.3 Å². The molecule has 3 heteroatoms. The van der Waals surface area contributed by atoms with Gasteiger partial charge < -0.3 is 10.4 Å². The van der Waals surface area contributed by atoms with Gasteiger partial charge >= 0.3 is 0 Å². The van der Waals surface area contributed by atoms with Crippen LogP contribution in [0.4, 0.5) is 0 Å². The molecule has 0 aliphatic heterocycles. The summed E-state index contributed by atoms with van der Waals surface area (Å²) >= 11 is 0. The molecule has 3 nitrogen and oxygen atoms in total. The lowest BCUT2D eigenvalue weighted by Crippen LogP contribution is -2.27. The maximum Gasteiger partial charge on any atom is 0.247 e. The first-order valence-electron chi connectivity index (χ1n) is 6.49. The Labute approximate surface area is 108 Å². The fourth-order valence-electron chi connectivity index (χ4n) is 2.16. The molecule has 1 aromatic carbocycles. The van der Waals surface area contributed by atoms with Crippen LogP contribution in [0.25, 0.3) is 6.08 Å². The summed E-state index contributed by atoms with van der Waals surface area (Å²) in [6.45, 7) is 0.824. The smallest absolute Gasteiger partial charge is 0.247 e. The number of hydrogen-bond donors (Lipinski definition) is 2. The zero-order valence-electron chi connectivity index (χ0n) is 10.5. The molecular weight excluding hydrogens is 226 g/mol. The average Bonchev–Trinajstić information content (AvgIpc) is 2.43. The van der Waals surface area contributed by atoms with Gasteiger partial charge in [0.2, 0.25) is 5.91 Å². The Kier molecular flexibility index (Phi) is 4.53. The molecule has 0 fully saturated rings. The predicted octanol–water partition coefficient (Wildman–Crippen LogP) is 1.90. The lowest BCUT2D eigenvalue weighted by molar-refractivity contribution is -0.117. The van der Waals surface area contributed by atoms with E-state index in [0.29, 0.717) is 6.54 Å². The zero-order chi connectivity index (χ0) is 12.8. The van der Waals surface area contributed by atoms with Gasteiger partial charge in [0.1, 0.15) is 0 Å². The van der Waals surface area contributed by atoms with E-state index in [0.717, 1.165) is 36.8 Å². The van der Waals surface area contributed by atoms with Gasteiger partial charge in [0, 0.05) is 18.7 Å². The molecule has 0 unspecified atom stereocenters. The van der Waals surface area contributed by atoms with Crippen molar-refractivity contribution in [3.63, 3.8) is 0 Å². The van der Waals surface area contributed by atoms with Gasteiger partial charge in [-0.15, -0.1) is 0 Å². The molecule has 0 aromatic heterocycles. The Bertz CT molecular complexity index is 452. The number of nitrogens with one attached hydrogen (secondary N) is 1. The zero-order valence-corrected chi connectivity index (χ0v) is 10.5. The SMILES string of the molecule is O=C(NCCCCO)C1=Cc2ccccc2CC1. The third-order valence-corrected chi connectivity index (χ3v) is 3.21. The number of aliphatic hydroxyl groups excluding tert-OH is 1. The molecule has 1 aliphatic rings. The normalized spacial score (nSPS) is 13.7. The van der Waals surface area contributed by atoms with Gasteiger partial charge in [0.25, 0.3) is 0 Å². The number of carbonyl (C=O) groups is 1. The van der Waals surface area contributed by atoms with Crippen molar-refractivity contribution in [1.29, 1.82) is 0 Å². The number of rotatable bonds is 5. The van der Waals surface area contributed by atoms with Crippen molar-refractivity contribution in [3.8, 4) is 0 Å². The number of fused-ring (bicyclic) bond motifs is 1. The van der Waals surface area contributed by atoms with Gasteiger partial charge in [0.15, 0.2) is 0 Å². The lowest BCUT2D eigenvalue weighted by atomic mass is 9.92. The van der Waals surface area contributed by atoms with Crippen molar-refractivity contribution in [1.82, 2.24) is 5.32 Å². The second-order valence-corrected chi connectivity index (χ2v) is 4.56. The predicted molar refractivity (Wildman–Crippen MR) is 72.1 cm³/mol. The van der Waals surface area contributed by atoms with E-state index >= 15 is 0 Å². The molecular formula is C15H19NO2. The highest BCUT2D eigenvalue weighted by Crippen LogP contribution is 2.23. The molecule has 18 heavy (non-hydrogen) atoms. The van der Waals surface area contributed by atoms with E-state index in [4.69, 9.17) is 5.11 Å². The summed E-state index contributed by atoms with van der Waals surface area (Å²) in [5, 5.41) is 11.6. The highest BCUT2D eigenvalue weighted by molar-refractivity contribution is 5.98. The van der Waals surface area contributed by atoms with Crippen LogP contribution in [0.3, 0.4) is 0 Å². The van der Waals surface area contributed by atoms with Crippen molar-refractivity contribution >= 4 is 12.0 Å². The third kappa shape index (κ3) is 3.20. The van der Waals surface area contributed by atoms with Gasteiger partial charge in [-0.3, -0.25) is 4.79 Å². The first kappa shape index (κ1) is 12.8. The molecule has 0 bridgehead atoms. The van der Waals surface area contributed by atoms with Gasteiger partial charge in [-0.25, -0.2) is 0 Å². The molecule has 1 amide bonds. The van der Waals surface area contributed by atoms with E-state index in [1.165, 1.54) is 5.56 Å².